The zero-order chi connectivity index (χ0) is 15.0. The molecule has 2 aliphatic heterocycles. The molecule has 2 aliphatic rings. The minimum atomic E-state index is -4.49. The van der Waals surface area contributed by atoms with Crippen molar-refractivity contribution in [1.82, 2.24) is 5.32 Å². The molecule has 0 aromatic heterocycles. The van der Waals surface area contributed by atoms with Crippen molar-refractivity contribution in [3.8, 4) is 6.07 Å². The van der Waals surface area contributed by atoms with Gasteiger partial charge in [-0.25, -0.2) is 0 Å². The van der Waals surface area contributed by atoms with Crippen LogP contribution in [0.25, 0.3) is 0 Å². The Kier molecular flexibility index (Phi) is 3.54. The standard InChI is InChI=1S/C15H16F3N3/c16-15(17,18)13-6-12(4-3-10(13)7-19)21-8-11-2-1-5-20-14(11)9-21/h3-4,6,11,14,20H,1-2,5,8-9H2. The van der Waals surface area contributed by atoms with Crippen molar-refractivity contribution in [2.75, 3.05) is 24.5 Å². The maximum Gasteiger partial charge on any atom is 0.417 e. The first-order valence-corrected chi connectivity index (χ1v) is 7.08. The maximum atomic E-state index is 13.0. The molecule has 3 nitrogen and oxygen atoms in total. The lowest BCUT2D eigenvalue weighted by molar-refractivity contribution is -0.137. The molecule has 0 bridgehead atoms. The maximum absolute atomic E-state index is 13.0. The fourth-order valence-corrected chi connectivity index (χ4v) is 3.32. The van der Waals surface area contributed by atoms with Gasteiger partial charge in [0.2, 0.25) is 0 Å². The fraction of sp³-hybridized carbons (Fsp3) is 0.533. The van der Waals surface area contributed by atoms with Crippen LogP contribution < -0.4 is 10.2 Å². The van der Waals surface area contributed by atoms with Gasteiger partial charge in [0, 0.05) is 24.8 Å². The molecule has 2 unspecified atom stereocenters. The van der Waals surface area contributed by atoms with Crippen molar-refractivity contribution in [2.24, 2.45) is 5.92 Å². The Morgan fingerprint density at radius 2 is 2.10 bits per heavy atom. The monoisotopic (exact) mass is 295 g/mol. The van der Waals surface area contributed by atoms with Crippen LogP contribution >= 0.6 is 0 Å². The first-order valence-electron chi connectivity index (χ1n) is 7.08. The number of nitrogens with zero attached hydrogens (tertiary/aromatic N) is 2. The summed E-state index contributed by atoms with van der Waals surface area (Å²) in [6.45, 7) is 2.49. The van der Waals surface area contributed by atoms with Crippen LogP contribution in [0.2, 0.25) is 0 Å². The number of anilines is 1. The third-order valence-electron chi connectivity index (χ3n) is 4.39. The van der Waals surface area contributed by atoms with Gasteiger partial charge in [0.25, 0.3) is 0 Å². The van der Waals surface area contributed by atoms with Crippen molar-refractivity contribution in [3.05, 3.63) is 29.3 Å². The van der Waals surface area contributed by atoms with E-state index in [-0.39, 0.29) is 5.56 Å². The summed E-state index contributed by atoms with van der Waals surface area (Å²) in [5, 5.41) is 12.3. The summed E-state index contributed by atoms with van der Waals surface area (Å²) in [5.74, 6) is 0.503. The van der Waals surface area contributed by atoms with Gasteiger partial charge in [0.1, 0.15) is 0 Å². The van der Waals surface area contributed by atoms with E-state index >= 15 is 0 Å². The second-order valence-electron chi connectivity index (χ2n) is 5.71. The number of hydrogen-bond donors (Lipinski definition) is 1. The van der Waals surface area contributed by atoms with Crippen LogP contribution in [-0.2, 0) is 6.18 Å². The Morgan fingerprint density at radius 1 is 1.29 bits per heavy atom. The van der Waals surface area contributed by atoms with E-state index in [1.165, 1.54) is 6.07 Å². The van der Waals surface area contributed by atoms with E-state index in [2.05, 4.69) is 5.32 Å². The van der Waals surface area contributed by atoms with Gasteiger partial charge in [0.05, 0.1) is 17.2 Å². The first-order chi connectivity index (χ1) is 9.99. The predicted molar refractivity (Wildman–Crippen MR) is 72.9 cm³/mol. The average molecular weight is 295 g/mol. The Labute approximate surface area is 121 Å². The number of nitrogens with one attached hydrogen (secondary N) is 1. The number of rotatable bonds is 1. The summed E-state index contributed by atoms with van der Waals surface area (Å²) in [5.41, 5.74) is -0.608. The average Bonchev–Trinajstić information content (AvgIpc) is 2.89. The van der Waals surface area contributed by atoms with Crippen LogP contribution in [0.5, 0.6) is 0 Å². The molecule has 1 aromatic rings. The Balaban J connectivity index is 1.88. The molecule has 2 heterocycles. The number of benzene rings is 1. The Morgan fingerprint density at radius 3 is 2.76 bits per heavy atom. The molecule has 2 atom stereocenters. The second kappa shape index (κ2) is 5.23. The smallest absolute Gasteiger partial charge is 0.370 e. The lowest BCUT2D eigenvalue weighted by Crippen LogP contribution is -2.40. The summed E-state index contributed by atoms with van der Waals surface area (Å²) in [6.07, 6.45) is -2.25. The SMILES string of the molecule is N#Cc1ccc(N2CC3CCCNC3C2)cc1C(F)(F)F. The van der Waals surface area contributed by atoms with Gasteiger partial charge >= 0.3 is 6.18 Å². The van der Waals surface area contributed by atoms with Crippen LogP contribution in [0, 0.1) is 17.2 Å². The van der Waals surface area contributed by atoms with E-state index in [1.54, 1.807) is 12.1 Å². The van der Waals surface area contributed by atoms with E-state index in [4.69, 9.17) is 5.26 Å². The zero-order valence-corrected chi connectivity index (χ0v) is 11.5. The van der Waals surface area contributed by atoms with Crippen LogP contribution in [-0.4, -0.2) is 25.7 Å². The van der Waals surface area contributed by atoms with E-state index in [9.17, 15) is 13.2 Å². The summed E-state index contributed by atoms with van der Waals surface area (Å²) >= 11 is 0. The molecular formula is C15H16F3N3. The predicted octanol–water partition coefficient (Wildman–Crippen LogP) is 2.77. The highest BCUT2D eigenvalue weighted by Gasteiger charge is 2.37. The first kappa shape index (κ1) is 14.2. The van der Waals surface area contributed by atoms with Crippen molar-refractivity contribution in [2.45, 2.75) is 25.1 Å². The van der Waals surface area contributed by atoms with Crippen molar-refractivity contribution >= 4 is 5.69 Å². The van der Waals surface area contributed by atoms with E-state index in [1.807, 2.05) is 4.90 Å². The number of alkyl halides is 3. The van der Waals surface area contributed by atoms with Gasteiger partial charge < -0.3 is 10.2 Å². The lowest BCUT2D eigenvalue weighted by atomic mass is 9.94. The van der Waals surface area contributed by atoms with Crippen LogP contribution in [0.3, 0.4) is 0 Å². The molecule has 0 radical (unpaired) electrons. The molecule has 1 aromatic carbocycles. The van der Waals surface area contributed by atoms with Gasteiger partial charge in [-0.15, -0.1) is 0 Å². The highest BCUT2D eigenvalue weighted by Crippen LogP contribution is 2.36. The number of nitriles is 1. The summed E-state index contributed by atoms with van der Waals surface area (Å²) in [7, 11) is 0. The van der Waals surface area contributed by atoms with Crippen molar-refractivity contribution in [1.29, 1.82) is 5.26 Å². The molecule has 0 aliphatic carbocycles. The third kappa shape index (κ3) is 2.70. The molecule has 2 fully saturated rings. The lowest BCUT2D eigenvalue weighted by Gasteiger charge is -2.24. The Hall–Kier alpha value is -1.74. The molecule has 0 saturated carbocycles. The van der Waals surface area contributed by atoms with Gasteiger partial charge in [-0.3, -0.25) is 0 Å². The minimum absolute atomic E-state index is 0.319. The summed E-state index contributed by atoms with van der Waals surface area (Å²) in [6, 6.07) is 5.98. The highest BCUT2D eigenvalue weighted by atomic mass is 19.4. The summed E-state index contributed by atoms with van der Waals surface area (Å²) < 4.78 is 39.0. The van der Waals surface area contributed by atoms with Crippen LogP contribution in [0.1, 0.15) is 24.0 Å². The zero-order valence-electron chi connectivity index (χ0n) is 11.5. The molecule has 0 spiro atoms. The summed E-state index contributed by atoms with van der Waals surface area (Å²) in [4.78, 5) is 1.99. The molecule has 3 rings (SSSR count). The molecule has 6 heteroatoms. The van der Waals surface area contributed by atoms with Gasteiger partial charge in [-0.05, 0) is 43.5 Å². The van der Waals surface area contributed by atoms with Crippen LogP contribution in [0.15, 0.2) is 18.2 Å². The van der Waals surface area contributed by atoms with Crippen molar-refractivity contribution < 1.29 is 13.2 Å². The third-order valence-corrected chi connectivity index (χ3v) is 4.39. The fourth-order valence-electron chi connectivity index (χ4n) is 3.32. The molecule has 21 heavy (non-hydrogen) atoms. The molecule has 2 saturated heterocycles. The largest absolute Gasteiger partial charge is 0.417 e. The number of piperidine rings is 1. The van der Waals surface area contributed by atoms with Crippen molar-refractivity contribution in [3.63, 3.8) is 0 Å². The number of fused-ring (bicyclic) bond motifs is 1. The van der Waals surface area contributed by atoms with Gasteiger partial charge in [0.15, 0.2) is 0 Å². The van der Waals surface area contributed by atoms with Gasteiger partial charge in [-0.2, -0.15) is 18.4 Å². The number of halogens is 3. The molecule has 1 N–H and O–H groups in total. The normalized spacial score (nSPS) is 25.5. The topological polar surface area (TPSA) is 39.1 Å². The van der Waals surface area contributed by atoms with E-state index in [0.29, 0.717) is 17.6 Å². The van der Waals surface area contributed by atoms with E-state index < -0.39 is 11.7 Å². The van der Waals surface area contributed by atoms with Gasteiger partial charge in [-0.1, -0.05) is 0 Å². The van der Waals surface area contributed by atoms with Crippen LogP contribution in [0.4, 0.5) is 18.9 Å². The molecule has 112 valence electrons. The second-order valence-corrected chi connectivity index (χ2v) is 5.71. The highest BCUT2D eigenvalue weighted by molar-refractivity contribution is 5.55. The minimum Gasteiger partial charge on any atom is -0.370 e. The quantitative estimate of drug-likeness (QED) is 0.866. The molecular weight excluding hydrogens is 279 g/mol. The number of hydrogen-bond acceptors (Lipinski definition) is 3. The Bertz CT molecular complexity index is 563. The molecule has 0 amide bonds. The van der Waals surface area contributed by atoms with E-state index in [0.717, 1.165) is 38.5 Å².